The third-order valence-electron chi connectivity index (χ3n) is 22.5. The molecule has 2 N–H and O–H groups in total. The monoisotopic (exact) mass is 1350 g/mol. The molecule has 0 amide bonds. The van der Waals surface area contributed by atoms with Gasteiger partial charge in [-0.3, -0.25) is 33.8 Å². The molecule has 0 aromatic rings. The van der Waals surface area contributed by atoms with Crippen molar-refractivity contribution in [3.8, 4) is 0 Å². The van der Waals surface area contributed by atoms with Gasteiger partial charge in [-0.25, -0.2) is 0 Å². The fourth-order valence-electron chi connectivity index (χ4n) is 18.3. The number of fused-ring (bicyclic) bond motifs is 4. The third-order valence-corrected chi connectivity index (χ3v) is 22.5. The van der Waals surface area contributed by atoms with Crippen molar-refractivity contribution in [2.24, 2.45) is 47.3 Å². The largest absolute Gasteiger partial charge is 0.458 e. The van der Waals surface area contributed by atoms with Gasteiger partial charge in [0, 0.05) is 69.9 Å². The van der Waals surface area contributed by atoms with Crippen molar-refractivity contribution in [2.75, 3.05) is 59.7 Å². The molecule has 10 saturated heterocycles. The van der Waals surface area contributed by atoms with Crippen LogP contribution in [-0.2, 0) is 95.0 Å². The van der Waals surface area contributed by atoms with Crippen LogP contribution in [-0.4, -0.2) is 241 Å². The summed E-state index contributed by atoms with van der Waals surface area (Å²) in [5, 5.41) is 18.6. The van der Waals surface area contributed by atoms with Crippen LogP contribution in [0, 0.1) is 47.3 Å². The van der Waals surface area contributed by atoms with Crippen LogP contribution >= 0.6 is 0 Å². The highest BCUT2D eigenvalue weighted by Gasteiger charge is 2.65. The Morgan fingerprint density at radius 3 is 1.31 bits per heavy atom. The second-order valence-electron chi connectivity index (χ2n) is 31.0. The molecule has 24 heteroatoms. The van der Waals surface area contributed by atoms with E-state index in [1.807, 2.05) is 96.9 Å². The van der Waals surface area contributed by atoms with Crippen molar-refractivity contribution < 1.29 is 105 Å². The molecule has 0 saturated carbocycles. The molecule has 95 heavy (non-hydrogen) atoms. The number of carbonyl (C=O) groups is 5. The zero-order valence-electron chi connectivity index (χ0n) is 61.2. The molecule has 10 aliphatic rings. The van der Waals surface area contributed by atoms with Crippen LogP contribution in [0.2, 0.25) is 0 Å². The van der Waals surface area contributed by atoms with Crippen molar-refractivity contribution in [3.63, 3.8) is 0 Å². The summed E-state index contributed by atoms with van der Waals surface area (Å²) < 4.78 is 95.7. The van der Waals surface area contributed by atoms with E-state index in [1.54, 1.807) is 27.7 Å². The summed E-state index contributed by atoms with van der Waals surface area (Å²) in [5.41, 5.74) is -3.79. The highest BCUT2D eigenvalue weighted by Crippen LogP contribution is 2.53. The lowest BCUT2D eigenvalue weighted by atomic mass is 9.76. The van der Waals surface area contributed by atoms with E-state index in [9.17, 15) is 29.1 Å². The molecule has 10 rings (SSSR count). The number of esters is 3. The molecule has 0 aromatic heterocycles. The van der Waals surface area contributed by atoms with Gasteiger partial charge in [0.05, 0.1) is 92.5 Å². The van der Waals surface area contributed by atoms with Crippen LogP contribution in [0.1, 0.15) is 184 Å². The van der Waals surface area contributed by atoms with Gasteiger partial charge in [0.1, 0.15) is 41.3 Å². The van der Waals surface area contributed by atoms with Gasteiger partial charge in [0.15, 0.2) is 41.8 Å². The number of aliphatic hydroxyl groups excluding tert-OH is 2. The van der Waals surface area contributed by atoms with Gasteiger partial charge < -0.3 is 81.3 Å². The molecule has 546 valence electrons. The van der Waals surface area contributed by atoms with E-state index in [-0.39, 0.29) is 83.9 Å². The van der Waals surface area contributed by atoms with Gasteiger partial charge in [-0.1, -0.05) is 55.4 Å². The number of hydrogen-bond acceptors (Lipinski definition) is 24. The Kier molecular flexibility index (Phi) is 25.2. The number of Topliss-reactive ketones (excluding diaryl/α,β-unsaturated/α-hetero) is 2. The van der Waals surface area contributed by atoms with Gasteiger partial charge >= 0.3 is 17.9 Å². The van der Waals surface area contributed by atoms with Crippen molar-refractivity contribution in [1.29, 1.82) is 0 Å². The van der Waals surface area contributed by atoms with Crippen LogP contribution in [0.4, 0.5) is 0 Å². The fraction of sp³-hybridized carbons (Fsp3) is 0.930. The molecule has 10 fully saturated rings. The number of cyclic esters (lactones) is 2. The Morgan fingerprint density at radius 1 is 0.547 bits per heavy atom. The highest BCUT2D eigenvalue weighted by molar-refractivity contribution is 6.00. The van der Waals surface area contributed by atoms with Crippen molar-refractivity contribution in [2.45, 2.75) is 316 Å². The van der Waals surface area contributed by atoms with Crippen molar-refractivity contribution >= 4 is 29.5 Å². The van der Waals surface area contributed by atoms with E-state index >= 15 is 0 Å². The van der Waals surface area contributed by atoms with Crippen LogP contribution in [0.3, 0.4) is 0 Å². The first-order valence-electron chi connectivity index (χ1n) is 35.6. The maximum atomic E-state index is 14.2. The first-order chi connectivity index (χ1) is 44.4. The second-order valence-corrected chi connectivity index (χ2v) is 31.0. The normalized spacial score (nSPS) is 47.6. The van der Waals surface area contributed by atoms with Gasteiger partial charge in [-0.2, -0.15) is 0 Å². The first kappa shape index (κ1) is 77.8. The molecule has 0 radical (unpaired) electrons. The summed E-state index contributed by atoms with van der Waals surface area (Å²) in [6, 6.07) is -0.329. The zero-order valence-corrected chi connectivity index (χ0v) is 61.2. The molecule has 0 aliphatic carbocycles. The van der Waals surface area contributed by atoms with E-state index in [0.717, 1.165) is 20.2 Å². The molecular weight excluding hydrogens is 1230 g/mol. The van der Waals surface area contributed by atoms with Crippen LogP contribution in [0.15, 0.2) is 0 Å². The molecule has 28 atom stereocenters. The third kappa shape index (κ3) is 16.2. The Labute approximate surface area is 565 Å². The minimum absolute atomic E-state index is 0.0204. The number of morpholine rings is 2. The predicted molar refractivity (Wildman–Crippen MR) is 346 cm³/mol. The Morgan fingerprint density at radius 2 is 0.916 bits per heavy atom. The molecule has 10 heterocycles. The van der Waals surface area contributed by atoms with E-state index < -0.39 is 125 Å². The van der Waals surface area contributed by atoms with E-state index in [0.29, 0.717) is 78.0 Å². The van der Waals surface area contributed by atoms with Gasteiger partial charge in [-0.05, 0) is 133 Å². The van der Waals surface area contributed by atoms with Crippen molar-refractivity contribution in [3.05, 3.63) is 0 Å². The van der Waals surface area contributed by atoms with E-state index in [4.69, 9.17) is 76.2 Å². The number of carbonyl (C=O) groups excluding carboxylic acids is 5. The molecule has 24 nitrogen and oxygen atoms in total. The number of ketones is 2. The maximum absolute atomic E-state index is 14.2. The van der Waals surface area contributed by atoms with Crippen LogP contribution in [0.5, 0.6) is 0 Å². The summed E-state index contributed by atoms with van der Waals surface area (Å²) in [6.45, 7) is 45.0. The first-order valence-corrected chi connectivity index (χ1v) is 35.6. The van der Waals surface area contributed by atoms with E-state index in [2.05, 4.69) is 23.6 Å². The van der Waals surface area contributed by atoms with Crippen molar-refractivity contribution in [1.82, 2.24) is 9.80 Å². The summed E-state index contributed by atoms with van der Waals surface area (Å²) in [4.78, 5) is 73.0. The van der Waals surface area contributed by atoms with Crippen LogP contribution in [0.25, 0.3) is 0 Å². The summed E-state index contributed by atoms with van der Waals surface area (Å²) in [6.07, 6.45) is -4.58. The molecule has 10 aliphatic heterocycles. The van der Waals surface area contributed by atoms with Gasteiger partial charge in [0.25, 0.3) is 0 Å². The number of ether oxygens (including phenoxy) is 15. The maximum Gasteiger partial charge on any atom is 0.316 e. The minimum atomic E-state index is -1.07. The lowest BCUT2D eigenvalue weighted by Gasteiger charge is -2.48. The Balaban J connectivity index is 0.000000238. The minimum Gasteiger partial charge on any atom is -0.458 e. The highest BCUT2D eigenvalue weighted by atomic mass is 16.8. The summed E-state index contributed by atoms with van der Waals surface area (Å²) in [7, 11) is 1.00. The smallest absolute Gasteiger partial charge is 0.316 e. The average Bonchev–Trinajstić information content (AvgIpc) is 1.61. The summed E-state index contributed by atoms with van der Waals surface area (Å²) >= 11 is 0. The lowest BCUT2D eigenvalue weighted by molar-refractivity contribution is -0.300. The lowest BCUT2D eigenvalue weighted by Crippen LogP contribution is -2.61. The summed E-state index contributed by atoms with van der Waals surface area (Å²) in [5.74, 6) is -8.20. The molecule has 10 unspecified atom stereocenters. The SMILES string of the molecule is CC[C@H]1OC(C)(C)O[C@@]1(C)[C@@H]1OC(=O)[C@H](C)C(=O)[C@H](C)[C@@H](O[C@@H]2OC(C)CC(N3CCOCC3)C2O)[C@]2(C)CC(C)C(O2)[C@@H]1C.CC[C@H]1OC(C)(C)O[C@@]1(C)[C@@H]1OC(=O)[C@H](C)C(=O)[C@H](C)[C@@H](O[C@@H]2OC(C)CC(N3CCOCC3)C2OC(C)=O)[C@]2(C)CC(C)C(O2)[C@@H]1C.CO. The standard InChI is InChI=1S/C36H59NO11.C34H57NO10.CH4O/c1-12-26-36(11,48-34(8,9)46-26)31-23(6)28-19(2)18-35(10,47-28)30(21(4)27(39)22(5)32(40)44-31)45-33-29(43-24(7)38)25(17-20(3)42-33)37-13-15-41-16-14-37;1-11-24-34(10,45-32(7,8)43-24)29-22(6)27-18(2)17-33(9,44-27)28(20(4)25(36)21(5)30(38)41-29)42-31-26(37)23(16-19(3)40-31)35-12-14-39-15-13-35;1-2/h19-23,25-26,28-31,33H,12-18H2,1-11H3;18-24,26-29,31,37H,11-17H2,1-10H3;2H,1H3/t19?,20?,21-,22+,23-,25?,26+,28?,29?,30+,31+,33-,35-,36+;18?,19?,20-,21+,22-,23?,24+,26?,27?,28+,29+,31-,33-,34+;/m00./s1. The Bertz CT molecular complexity index is 2620. The second kappa shape index (κ2) is 30.7. The molecular formula is C71H120N2O22. The quantitative estimate of drug-likeness (QED) is 0.118. The van der Waals surface area contributed by atoms with Gasteiger partial charge in [0.2, 0.25) is 0 Å². The predicted octanol–water partition coefficient (Wildman–Crippen LogP) is 7.13. The topological polar surface area (TPSA) is 271 Å². The zero-order chi connectivity index (χ0) is 70.4. The van der Waals surface area contributed by atoms with E-state index in [1.165, 1.54) is 6.92 Å². The van der Waals surface area contributed by atoms with Gasteiger partial charge in [-0.15, -0.1) is 0 Å². The molecule has 0 aromatic carbocycles. The number of rotatable bonds is 11. The molecule has 4 bridgehead atoms. The number of nitrogens with zero attached hydrogens (tertiary/aromatic N) is 2. The number of hydrogen-bond donors (Lipinski definition) is 2. The fourth-order valence-corrected chi connectivity index (χ4v) is 18.3. The molecule has 0 spiro atoms. The number of aliphatic hydroxyl groups is 2. The average molecular weight is 1350 g/mol. The van der Waals surface area contributed by atoms with Crippen LogP contribution < -0.4 is 0 Å². The Hall–Kier alpha value is -2.89.